The average Bonchev–Trinajstić information content (AvgIpc) is 2.84. The summed E-state index contributed by atoms with van der Waals surface area (Å²) in [6.45, 7) is 2.85. The van der Waals surface area contributed by atoms with Gasteiger partial charge in [-0.1, -0.05) is 0 Å². The lowest BCUT2D eigenvalue weighted by molar-refractivity contribution is -0.122. The molecule has 0 amide bonds. The number of hydrogen-bond acceptors (Lipinski definition) is 2. The van der Waals surface area contributed by atoms with Gasteiger partial charge in [0.05, 0.1) is 6.10 Å². The Morgan fingerprint density at radius 1 is 1.21 bits per heavy atom. The first-order chi connectivity index (χ1) is 6.78. The van der Waals surface area contributed by atoms with E-state index < -0.39 is 0 Å². The van der Waals surface area contributed by atoms with Gasteiger partial charge in [0, 0.05) is 19.4 Å². The lowest BCUT2D eigenvalue weighted by Crippen LogP contribution is -2.32. The third-order valence-electron chi connectivity index (χ3n) is 3.32. The van der Waals surface area contributed by atoms with E-state index in [9.17, 15) is 4.79 Å². The fraction of sp³-hybridized carbons (Fsp3) is 0.917. The molecule has 0 unspecified atom stereocenters. The summed E-state index contributed by atoms with van der Waals surface area (Å²) in [6, 6.07) is 0. The third-order valence-corrected chi connectivity index (χ3v) is 3.32. The first-order valence-corrected chi connectivity index (χ1v) is 5.91. The molecule has 2 saturated carbocycles. The van der Waals surface area contributed by atoms with Crippen molar-refractivity contribution in [1.82, 2.24) is 0 Å². The van der Waals surface area contributed by atoms with Gasteiger partial charge < -0.3 is 4.74 Å². The van der Waals surface area contributed by atoms with Crippen LogP contribution in [0.3, 0.4) is 0 Å². The topological polar surface area (TPSA) is 26.3 Å². The van der Waals surface area contributed by atoms with Gasteiger partial charge in [-0.25, -0.2) is 0 Å². The molecule has 0 aliphatic heterocycles. The lowest BCUT2D eigenvalue weighted by atomic mass is 9.78. The number of hydrogen-bond donors (Lipinski definition) is 0. The molecule has 0 bridgehead atoms. The SMILES string of the molecule is CCOC1CC(CC(=O)CC2CC2)C1. The summed E-state index contributed by atoms with van der Waals surface area (Å²) in [7, 11) is 0. The van der Waals surface area contributed by atoms with E-state index in [0.717, 1.165) is 38.2 Å². The summed E-state index contributed by atoms with van der Waals surface area (Å²) in [5, 5.41) is 0. The molecule has 2 nitrogen and oxygen atoms in total. The van der Waals surface area contributed by atoms with Gasteiger partial charge in [-0.3, -0.25) is 4.79 Å². The first kappa shape index (κ1) is 10.2. The standard InChI is InChI=1S/C12H20O2/c1-2-14-12-7-10(8-12)6-11(13)5-9-3-4-9/h9-10,12H,2-8H2,1H3. The molecule has 0 saturated heterocycles. The zero-order valence-corrected chi connectivity index (χ0v) is 9.00. The average molecular weight is 196 g/mol. The predicted octanol–water partition coefficient (Wildman–Crippen LogP) is 2.56. The van der Waals surface area contributed by atoms with Crippen molar-refractivity contribution in [3.8, 4) is 0 Å². The minimum absolute atomic E-state index is 0.457. The molecule has 0 atom stereocenters. The molecule has 2 aliphatic rings. The minimum Gasteiger partial charge on any atom is -0.378 e. The molecule has 0 aromatic carbocycles. The van der Waals surface area contributed by atoms with Crippen molar-refractivity contribution in [2.24, 2.45) is 11.8 Å². The Labute approximate surface area is 86.0 Å². The van der Waals surface area contributed by atoms with Crippen LogP contribution in [0.15, 0.2) is 0 Å². The number of carbonyl (C=O) groups excluding carboxylic acids is 1. The highest BCUT2D eigenvalue weighted by Crippen LogP contribution is 2.36. The highest BCUT2D eigenvalue weighted by Gasteiger charge is 2.32. The van der Waals surface area contributed by atoms with Crippen LogP contribution in [0.1, 0.15) is 45.4 Å². The molecule has 2 aliphatic carbocycles. The fourth-order valence-corrected chi connectivity index (χ4v) is 2.26. The fourth-order valence-electron chi connectivity index (χ4n) is 2.26. The minimum atomic E-state index is 0.457. The van der Waals surface area contributed by atoms with Gasteiger partial charge >= 0.3 is 0 Å². The van der Waals surface area contributed by atoms with Gasteiger partial charge in [0.1, 0.15) is 5.78 Å². The maximum Gasteiger partial charge on any atom is 0.133 e. The second kappa shape index (κ2) is 4.43. The molecule has 0 heterocycles. The van der Waals surface area contributed by atoms with Gasteiger partial charge in [0.2, 0.25) is 0 Å². The monoisotopic (exact) mass is 196 g/mol. The van der Waals surface area contributed by atoms with E-state index in [1.807, 2.05) is 6.92 Å². The molecule has 2 rings (SSSR count). The van der Waals surface area contributed by atoms with E-state index in [1.165, 1.54) is 12.8 Å². The number of carbonyl (C=O) groups is 1. The molecule has 14 heavy (non-hydrogen) atoms. The summed E-state index contributed by atoms with van der Waals surface area (Å²) >= 11 is 0. The van der Waals surface area contributed by atoms with Crippen LogP contribution in [0.2, 0.25) is 0 Å². The van der Waals surface area contributed by atoms with E-state index in [1.54, 1.807) is 0 Å². The van der Waals surface area contributed by atoms with Crippen molar-refractivity contribution in [3.05, 3.63) is 0 Å². The van der Waals surface area contributed by atoms with Crippen LogP contribution in [0, 0.1) is 11.8 Å². The normalized spacial score (nSPS) is 31.2. The number of Topliss-reactive ketones (excluding diaryl/α,β-unsaturated/α-hetero) is 1. The van der Waals surface area contributed by atoms with E-state index in [-0.39, 0.29) is 0 Å². The van der Waals surface area contributed by atoms with Crippen molar-refractivity contribution in [3.63, 3.8) is 0 Å². The zero-order chi connectivity index (χ0) is 9.97. The number of rotatable bonds is 6. The van der Waals surface area contributed by atoms with E-state index in [4.69, 9.17) is 4.74 Å². The van der Waals surface area contributed by atoms with Gasteiger partial charge in [-0.2, -0.15) is 0 Å². The number of ether oxygens (including phenoxy) is 1. The van der Waals surface area contributed by atoms with Crippen LogP contribution in [-0.2, 0) is 9.53 Å². The second-order valence-corrected chi connectivity index (χ2v) is 4.81. The van der Waals surface area contributed by atoms with Gasteiger partial charge in [0.25, 0.3) is 0 Å². The van der Waals surface area contributed by atoms with Gasteiger partial charge in [0.15, 0.2) is 0 Å². The lowest BCUT2D eigenvalue weighted by Gasteiger charge is -2.34. The summed E-state index contributed by atoms with van der Waals surface area (Å²) in [5.74, 6) is 1.88. The highest BCUT2D eigenvalue weighted by molar-refractivity contribution is 5.79. The molecule has 0 spiro atoms. The highest BCUT2D eigenvalue weighted by atomic mass is 16.5. The maximum atomic E-state index is 11.5. The Morgan fingerprint density at radius 2 is 1.86 bits per heavy atom. The van der Waals surface area contributed by atoms with E-state index in [2.05, 4.69) is 0 Å². The zero-order valence-electron chi connectivity index (χ0n) is 9.00. The largest absolute Gasteiger partial charge is 0.378 e. The first-order valence-electron chi connectivity index (χ1n) is 5.91. The molecule has 80 valence electrons. The van der Waals surface area contributed by atoms with Crippen LogP contribution >= 0.6 is 0 Å². The van der Waals surface area contributed by atoms with Crippen molar-refractivity contribution < 1.29 is 9.53 Å². The van der Waals surface area contributed by atoms with E-state index >= 15 is 0 Å². The molecule has 0 N–H and O–H groups in total. The maximum absolute atomic E-state index is 11.5. The Kier molecular flexibility index (Phi) is 3.22. The Hall–Kier alpha value is -0.370. The molecule has 0 radical (unpaired) electrons. The van der Waals surface area contributed by atoms with Crippen LogP contribution in [0.25, 0.3) is 0 Å². The molecule has 2 fully saturated rings. The Balaban J connectivity index is 1.56. The Morgan fingerprint density at radius 3 is 2.43 bits per heavy atom. The van der Waals surface area contributed by atoms with Gasteiger partial charge in [-0.15, -0.1) is 0 Å². The predicted molar refractivity (Wildman–Crippen MR) is 55.1 cm³/mol. The van der Waals surface area contributed by atoms with Crippen LogP contribution in [0.4, 0.5) is 0 Å². The van der Waals surface area contributed by atoms with Crippen molar-refractivity contribution in [1.29, 1.82) is 0 Å². The van der Waals surface area contributed by atoms with Crippen LogP contribution in [-0.4, -0.2) is 18.5 Å². The molecular formula is C12H20O2. The Bertz CT molecular complexity index is 202. The summed E-state index contributed by atoms with van der Waals surface area (Å²) < 4.78 is 5.47. The summed E-state index contributed by atoms with van der Waals surface area (Å²) in [5.41, 5.74) is 0. The van der Waals surface area contributed by atoms with Gasteiger partial charge in [-0.05, 0) is 44.4 Å². The smallest absolute Gasteiger partial charge is 0.133 e. The van der Waals surface area contributed by atoms with Crippen molar-refractivity contribution in [2.45, 2.75) is 51.6 Å². The molecular weight excluding hydrogens is 176 g/mol. The molecule has 0 aromatic heterocycles. The quantitative estimate of drug-likeness (QED) is 0.652. The molecule has 0 aromatic rings. The second-order valence-electron chi connectivity index (χ2n) is 4.81. The van der Waals surface area contributed by atoms with Crippen LogP contribution in [0.5, 0.6) is 0 Å². The summed E-state index contributed by atoms with van der Waals surface area (Å²) in [6.07, 6.45) is 6.94. The van der Waals surface area contributed by atoms with Crippen LogP contribution < -0.4 is 0 Å². The van der Waals surface area contributed by atoms with Crippen molar-refractivity contribution >= 4 is 5.78 Å². The summed E-state index contributed by atoms with van der Waals surface area (Å²) in [4.78, 5) is 11.5. The number of ketones is 1. The van der Waals surface area contributed by atoms with Crippen molar-refractivity contribution in [2.75, 3.05) is 6.61 Å². The molecule has 2 heteroatoms. The third kappa shape index (κ3) is 2.81. The van der Waals surface area contributed by atoms with E-state index in [0.29, 0.717) is 17.8 Å².